The molecule has 4 rings (SSSR count). The molecule has 2 N–H and O–H groups in total. The standard InChI is InChI=1S/C20H26N4O3.2ClH/c1-26-15-5-3-4-14(10-15)16-11-24(12-17-18(16)23-13-22-17)19(25)20(27-2)6-8-21-9-7-20;;/h3-5,10,13,16,21H,6-9,11-12H2,1-2H3,(H,22,23);2*1H. The van der Waals surface area contributed by atoms with Crippen molar-refractivity contribution >= 4 is 30.7 Å². The lowest BCUT2D eigenvalue weighted by molar-refractivity contribution is -0.159. The van der Waals surface area contributed by atoms with Crippen LogP contribution < -0.4 is 10.1 Å². The molecule has 1 saturated heterocycles. The molecule has 1 aromatic heterocycles. The lowest BCUT2D eigenvalue weighted by atomic mass is 9.87. The van der Waals surface area contributed by atoms with Crippen LogP contribution in [-0.4, -0.2) is 60.2 Å². The quantitative estimate of drug-likeness (QED) is 0.759. The number of ether oxygens (including phenoxy) is 2. The molecule has 0 spiro atoms. The molecule has 2 aliphatic rings. The Morgan fingerprint density at radius 3 is 2.69 bits per heavy atom. The third-order valence-electron chi connectivity index (χ3n) is 5.81. The van der Waals surface area contributed by atoms with Gasteiger partial charge in [0.15, 0.2) is 0 Å². The Balaban J connectivity index is 0.00000150. The highest BCUT2D eigenvalue weighted by atomic mass is 35.5. The monoisotopic (exact) mass is 442 g/mol. The van der Waals surface area contributed by atoms with Gasteiger partial charge in [0.05, 0.1) is 31.4 Å². The molecule has 1 amide bonds. The van der Waals surface area contributed by atoms with Crippen LogP contribution in [0.25, 0.3) is 0 Å². The second kappa shape index (κ2) is 9.80. The molecule has 3 heterocycles. The fourth-order valence-corrected chi connectivity index (χ4v) is 4.22. The molecule has 0 bridgehead atoms. The first kappa shape index (κ1) is 23.5. The maximum atomic E-state index is 13.5. The number of nitrogens with one attached hydrogen (secondary N) is 2. The number of piperidine rings is 1. The van der Waals surface area contributed by atoms with Crippen molar-refractivity contribution in [1.82, 2.24) is 20.2 Å². The van der Waals surface area contributed by atoms with Crippen LogP contribution in [0, 0.1) is 0 Å². The third-order valence-corrected chi connectivity index (χ3v) is 5.81. The number of benzene rings is 1. The number of carbonyl (C=O) groups excluding carboxylic acids is 1. The van der Waals surface area contributed by atoms with Crippen LogP contribution in [0.5, 0.6) is 5.75 Å². The molecule has 1 fully saturated rings. The normalized spacial score (nSPS) is 20.1. The van der Waals surface area contributed by atoms with E-state index in [1.54, 1.807) is 20.5 Å². The number of methoxy groups -OCH3 is 2. The van der Waals surface area contributed by atoms with E-state index in [9.17, 15) is 4.79 Å². The van der Waals surface area contributed by atoms with E-state index >= 15 is 0 Å². The van der Waals surface area contributed by atoms with Crippen molar-refractivity contribution < 1.29 is 14.3 Å². The highest BCUT2D eigenvalue weighted by Gasteiger charge is 2.44. The highest BCUT2D eigenvalue weighted by molar-refractivity contribution is 5.86. The summed E-state index contributed by atoms with van der Waals surface area (Å²) in [6.45, 7) is 2.71. The number of rotatable bonds is 4. The van der Waals surface area contributed by atoms with Crippen LogP contribution in [0.15, 0.2) is 30.6 Å². The zero-order valence-corrected chi connectivity index (χ0v) is 18.3. The van der Waals surface area contributed by atoms with Gasteiger partial charge in [-0.1, -0.05) is 12.1 Å². The molecule has 2 aliphatic heterocycles. The van der Waals surface area contributed by atoms with Gasteiger partial charge in [0, 0.05) is 19.6 Å². The van der Waals surface area contributed by atoms with Crippen LogP contribution >= 0.6 is 24.8 Å². The van der Waals surface area contributed by atoms with E-state index in [4.69, 9.17) is 9.47 Å². The minimum Gasteiger partial charge on any atom is -0.497 e. The van der Waals surface area contributed by atoms with Crippen LogP contribution in [0.2, 0.25) is 0 Å². The zero-order chi connectivity index (χ0) is 18.9. The first-order valence-electron chi connectivity index (χ1n) is 9.38. The van der Waals surface area contributed by atoms with Crippen LogP contribution in [0.3, 0.4) is 0 Å². The second-order valence-electron chi connectivity index (χ2n) is 7.23. The molecule has 1 atom stereocenters. The van der Waals surface area contributed by atoms with E-state index in [1.165, 1.54) is 0 Å². The summed E-state index contributed by atoms with van der Waals surface area (Å²) in [5, 5.41) is 3.31. The van der Waals surface area contributed by atoms with Crippen molar-refractivity contribution in [2.75, 3.05) is 33.9 Å². The van der Waals surface area contributed by atoms with Gasteiger partial charge in [-0.25, -0.2) is 4.98 Å². The number of H-pyrrole nitrogens is 1. The summed E-state index contributed by atoms with van der Waals surface area (Å²) in [7, 11) is 3.31. The van der Waals surface area contributed by atoms with Gasteiger partial charge >= 0.3 is 0 Å². The van der Waals surface area contributed by atoms with E-state index in [0.29, 0.717) is 25.9 Å². The lowest BCUT2D eigenvalue weighted by Crippen LogP contribution is -2.56. The average Bonchev–Trinajstić information content (AvgIpc) is 3.21. The SMILES string of the molecule is COc1cccc(C2CN(C(=O)C3(OC)CCNCC3)Cc3[nH]cnc32)c1.Cl.Cl. The molecule has 2 aromatic rings. The highest BCUT2D eigenvalue weighted by Crippen LogP contribution is 2.35. The second-order valence-corrected chi connectivity index (χ2v) is 7.23. The van der Waals surface area contributed by atoms with Gasteiger partial charge < -0.3 is 24.7 Å². The van der Waals surface area contributed by atoms with E-state index in [-0.39, 0.29) is 36.6 Å². The molecule has 1 unspecified atom stereocenters. The maximum absolute atomic E-state index is 13.5. The van der Waals surface area contributed by atoms with Gasteiger partial charge in [-0.2, -0.15) is 0 Å². The molecule has 7 nitrogen and oxygen atoms in total. The number of amides is 1. The molecule has 29 heavy (non-hydrogen) atoms. The number of carbonyl (C=O) groups is 1. The summed E-state index contributed by atoms with van der Waals surface area (Å²) in [6.07, 6.45) is 3.10. The summed E-state index contributed by atoms with van der Waals surface area (Å²) in [5.74, 6) is 0.883. The van der Waals surface area contributed by atoms with Gasteiger partial charge in [-0.3, -0.25) is 4.79 Å². The van der Waals surface area contributed by atoms with E-state index < -0.39 is 5.60 Å². The Morgan fingerprint density at radius 1 is 1.24 bits per heavy atom. The van der Waals surface area contributed by atoms with Gasteiger partial charge in [0.25, 0.3) is 5.91 Å². The van der Waals surface area contributed by atoms with Crippen LogP contribution in [-0.2, 0) is 16.1 Å². The van der Waals surface area contributed by atoms with Crippen molar-refractivity contribution in [3.05, 3.63) is 47.5 Å². The van der Waals surface area contributed by atoms with Crippen LogP contribution in [0.4, 0.5) is 0 Å². The van der Waals surface area contributed by atoms with Crippen molar-refractivity contribution in [3.63, 3.8) is 0 Å². The number of aromatic nitrogens is 2. The molecule has 0 saturated carbocycles. The van der Waals surface area contributed by atoms with Crippen molar-refractivity contribution in [2.45, 2.75) is 30.9 Å². The smallest absolute Gasteiger partial charge is 0.255 e. The third kappa shape index (κ3) is 4.38. The Morgan fingerprint density at radius 2 is 2.00 bits per heavy atom. The number of aromatic amines is 1. The predicted molar refractivity (Wildman–Crippen MR) is 115 cm³/mol. The first-order chi connectivity index (χ1) is 13.2. The molecule has 0 radical (unpaired) electrons. The fraction of sp³-hybridized carbons (Fsp3) is 0.500. The Labute approximate surface area is 183 Å². The number of hydrogen-bond donors (Lipinski definition) is 2. The lowest BCUT2D eigenvalue weighted by Gasteiger charge is -2.41. The number of halogens is 2. The molecular formula is C20H28Cl2N4O3. The molecule has 9 heteroatoms. The maximum Gasteiger partial charge on any atom is 0.255 e. The summed E-state index contributed by atoms with van der Waals surface area (Å²) in [4.78, 5) is 23.1. The number of fused-ring (bicyclic) bond motifs is 1. The van der Waals surface area contributed by atoms with Crippen molar-refractivity contribution in [3.8, 4) is 5.75 Å². The van der Waals surface area contributed by atoms with Gasteiger partial charge in [0.2, 0.25) is 0 Å². The summed E-state index contributed by atoms with van der Waals surface area (Å²) in [6, 6.07) is 7.99. The minimum absolute atomic E-state index is 0. The number of hydrogen-bond acceptors (Lipinski definition) is 5. The molecule has 0 aliphatic carbocycles. The van der Waals surface area contributed by atoms with Crippen molar-refractivity contribution in [1.29, 1.82) is 0 Å². The topological polar surface area (TPSA) is 79.5 Å². The predicted octanol–water partition coefficient (Wildman–Crippen LogP) is 2.50. The molecular weight excluding hydrogens is 415 g/mol. The van der Waals surface area contributed by atoms with E-state index in [0.717, 1.165) is 35.8 Å². The first-order valence-corrected chi connectivity index (χ1v) is 9.38. The van der Waals surface area contributed by atoms with E-state index in [1.807, 2.05) is 23.1 Å². The number of imidazole rings is 1. The summed E-state index contributed by atoms with van der Waals surface area (Å²) in [5.41, 5.74) is 2.35. The van der Waals surface area contributed by atoms with Gasteiger partial charge in [-0.05, 0) is 43.6 Å². The number of nitrogens with zero attached hydrogens (tertiary/aromatic N) is 2. The Kier molecular flexibility index (Phi) is 7.94. The largest absolute Gasteiger partial charge is 0.497 e. The Bertz CT molecular complexity index is 824. The van der Waals surface area contributed by atoms with Gasteiger partial charge in [0.1, 0.15) is 11.4 Å². The summed E-state index contributed by atoms with van der Waals surface area (Å²) >= 11 is 0. The molecule has 1 aromatic carbocycles. The minimum atomic E-state index is -0.734. The zero-order valence-electron chi connectivity index (χ0n) is 16.6. The average molecular weight is 443 g/mol. The van der Waals surface area contributed by atoms with E-state index in [2.05, 4.69) is 21.4 Å². The summed E-state index contributed by atoms with van der Waals surface area (Å²) < 4.78 is 11.1. The molecule has 160 valence electrons. The van der Waals surface area contributed by atoms with Crippen molar-refractivity contribution in [2.24, 2.45) is 0 Å². The van der Waals surface area contributed by atoms with Crippen LogP contribution in [0.1, 0.15) is 35.7 Å². The fourth-order valence-electron chi connectivity index (χ4n) is 4.22. The van der Waals surface area contributed by atoms with Gasteiger partial charge in [-0.15, -0.1) is 24.8 Å². The Hall–Kier alpha value is -1.80.